The zero-order chi connectivity index (χ0) is 16.2. The van der Waals surface area contributed by atoms with E-state index in [4.69, 9.17) is 4.99 Å². The molecule has 0 aromatic heterocycles. The Morgan fingerprint density at radius 1 is 1.17 bits per heavy atom. The summed E-state index contributed by atoms with van der Waals surface area (Å²) >= 11 is 5.05. The number of carbonyl (C=O) groups is 1. The molecule has 1 amide bonds. The fraction of sp³-hybridized carbons (Fsp3) is 0.222. The van der Waals surface area contributed by atoms with Crippen LogP contribution in [-0.2, 0) is 0 Å². The predicted molar refractivity (Wildman–Crippen MR) is 101 cm³/mol. The van der Waals surface area contributed by atoms with Gasteiger partial charge in [0.1, 0.15) is 0 Å². The summed E-state index contributed by atoms with van der Waals surface area (Å²) in [4.78, 5) is 19.3. The minimum absolute atomic E-state index is 0.0111. The molecule has 1 fully saturated rings. The van der Waals surface area contributed by atoms with Gasteiger partial charge in [-0.05, 0) is 49.2 Å². The van der Waals surface area contributed by atoms with E-state index >= 15 is 0 Å². The minimum atomic E-state index is 0.0111. The second kappa shape index (κ2) is 7.32. The van der Waals surface area contributed by atoms with Gasteiger partial charge in [-0.15, -0.1) is 0 Å². The molecule has 1 saturated heterocycles. The van der Waals surface area contributed by atoms with Crippen LogP contribution in [0, 0.1) is 6.92 Å². The van der Waals surface area contributed by atoms with E-state index in [-0.39, 0.29) is 5.91 Å². The topological polar surface area (TPSA) is 32.7 Å². The molecule has 1 aliphatic heterocycles. The van der Waals surface area contributed by atoms with Crippen molar-refractivity contribution in [1.82, 2.24) is 4.90 Å². The summed E-state index contributed by atoms with van der Waals surface area (Å²) in [6.45, 7) is 2.75. The number of thioether (sulfide) groups is 1. The van der Waals surface area contributed by atoms with Gasteiger partial charge in [-0.25, -0.2) is 4.99 Å². The monoisotopic (exact) mass is 388 g/mol. The van der Waals surface area contributed by atoms with Gasteiger partial charge in [-0.3, -0.25) is 9.69 Å². The highest BCUT2D eigenvalue weighted by atomic mass is 79.9. The molecule has 0 bridgehead atoms. The predicted octanol–water partition coefficient (Wildman–Crippen LogP) is 5.02. The van der Waals surface area contributed by atoms with Crippen LogP contribution in [0.5, 0.6) is 0 Å². The zero-order valence-corrected chi connectivity index (χ0v) is 15.2. The first kappa shape index (κ1) is 16.3. The minimum Gasteiger partial charge on any atom is -0.287 e. The highest BCUT2D eigenvalue weighted by Gasteiger charge is 2.24. The number of amidine groups is 1. The normalized spacial score (nSPS) is 16.6. The molecule has 0 aliphatic carbocycles. The standard InChI is InChI=1S/C18H17BrN2OS/c1-13-5-2-3-6-16(13)20-18-21(11-4-12-23-18)17(22)14-7-9-15(19)10-8-14/h2-3,5-10H,4,11-12H2,1H3. The van der Waals surface area contributed by atoms with Crippen molar-refractivity contribution < 1.29 is 4.79 Å². The van der Waals surface area contributed by atoms with Crippen LogP contribution in [0.3, 0.4) is 0 Å². The van der Waals surface area contributed by atoms with Crippen LogP contribution in [0.1, 0.15) is 22.3 Å². The van der Waals surface area contributed by atoms with Crippen molar-refractivity contribution in [3.63, 3.8) is 0 Å². The second-order valence-electron chi connectivity index (χ2n) is 5.35. The van der Waals surface area contributed by atoms with Gasteiger partial charge in [-0.1, -0.05) is 45.9 Å². The van der Waals surface area contributed by atoms with Crippen LogP contribution >= 0.6 is 27.7 Å². The van der Waals surface area contributed by atoms with Crippen LogP contribution in [0.15, 0.2) is 58.0 Å². The molecule has 5 heteroatoms. The Bertz CT molecular complexity index is 743. The molecule has 0 unspecified atom stereocenters. The third-order valence-corrected chi connectivity index (χ3v) is 5.25. The molecule has 118 valence electrons. The Morgan fingerprint density at radius 3 is 2.65 bits per heavy atom. The summed E-state index contributed by atoms with van der Waals surface area (Å²) in [5, 5.41) is 0.790. The Labute approximate surface area is 148 Å². The Hall–Kier alpha value is -1.59. The number of nitrogens with zero attached hydrogens (tertiary/aromatic N) is 2. The molecule has 1 aliphatic rings. The van der Waals surface area contributed by atoms with Gasteiger partial charge in [0.15, 0.2) is 5.17 Å². The number of para-hydroxylation sites is 1. The number of carbonyl (C=O) groups excluding carboxylic acids is 1. The number of rotatable bonds is 2. The number of halogens is 1. The molecule has 23 heavy (non-hydrogen) atoms. The molecule has 0 N–H and O–H groups in total. The average Bonchev–Trinajstić information content (AvgIpc) is 2.57. The molecule has 0 radical (unpaired) electrons. The Balaban J connectivity index is 1.91. The van der Waals surface area contributed by atoms with Crippen LogP contribution in [0.25, 0.3) is 0 Å². The number of hydrogen-bond donors (Lipinski definition) is 0. The van der Waals surface area contributed by atoms with Gasteiger partial charge in [0, 0.05) is 22.3 Å². The van der Waals surface area contributed by atoms with Crippen molar-refractivity contribution in [2.75, 3.05) is 12.3 Å². The van der Waals surface area contributed by atoms with Crippen LogP contribution in [-0.4, -0.2) is 28.3 Å². The van der Waals surface area contributed by atoms with Crippen molar-refractivity contribution in [2.24, 2.45) is 4.99 Å². The molecule has 0 atom stereocenters. The summed E-state index contributed by atoms with van der Waals surface area (Å²) in [7, 11) is 0. The maximum absolute atomic E-state index is 12.8. The first-order valence-electron chi connectivity index (χ1n) is 7.50. The summed E-state index contributed by atoms with van der Waals surface area (Å²) in [5.74, 6) is 1.01. The first-order chi connectivity index (χ1) is 11.1. The van der Waals surface area contributed by atoms with Gasteiger partial charge in [0.2, 0.25) is 0 Å². The summed E-state index contributed by atoms with van der Waals surface area (Å²) in [6, 6.07) is 15.5. The molecule has 2 aromatic rings. The van der Waals surface area contributed by atoms with Gasteiger partial charge in [0.25, 0.3) is 5.91 Å². The molecule has 1 heterocycles. The van der Waals surface area contributed by atoms with Gasteiger partial charge in [0.05, 0.1) is 5.69 Å². The highest BCUT2D eigenvalue weighted by Crippen LogP contribution is 2.26. The van der Waals surface area contributed by atoms with E-state index in [9.17, 15) is 4.79 Å². The van der Waals surface area contributed by atoms with E-state index in [2.05, 4.69) is 15.9 Å². The fourth-order valence-electron chi connectivity index (χ4n) is 2.38. The van der Waals surface area contributed by atoms with E-state index < -0.39 is 0 Å². The van der Waals surface area contributed by atoms with Crippen molar-refractivity contribution in [3.05, 3.63) is 64.1 Å². The molecule has 2 aromatic carbocycles. The Kier molecular flexibility index (Phi) is 5.18. The number of amides is 1. The van der Waals surface area contributed by atoms with Crippen LogP contribution in [0.2, 0.25) is 0 Å². The van der Waals surface area contributed by atoms with E-state index in [0.29, 0.717) is 12.1 Å². The van der Waals surface area contributed by atoms with E-state index in [1.165, 1.54) is 0 Å². The third kappa shape index (κ3) is 3.85. The highest BCUT2D eigenvalue weighted by molar-refractivity contribution is 9.10. The van der Waals surface area contributed by atoms with Gasteiger partial charge < -0.3 is 0 Å². The van der Waals surface area contributed by atoms with Crippen molar-refractivity contribution >= 4 is 44.5 Å². The maximum atomic E-state index is 12.8. The maximum Gasteiger partial charge on any atom is 0.259 e. The number of benzene rings is 2. The number of aliphatic imine (C=N–C) groups is 1. The zero-order valence-electron chi connectivity index (χ0n) is 12.8. The number of aryl methyl sites for hydroxylation is 1. The smallest absolute Gasteiger partial charge is 0.259 e. The first-order valence-corrected chi connectivity index (χ1v) is 9.27. The van der Waals surface area contributed by atoms with E-state index in [1.54, 1.807) is 16.7 Å². The Morgan fingerprint density at radius 2 is 1.91 bits per heavy atom. The lowest BCUT2D eigenvalue weighted by atomic mass is 10.2. The van der Waals surface area contributed by atoms with Crippen LogP contribution in [0.4, 0.5) is 5.69 Å². The quantitative estimate of drug-likeness (QED) is 0.722. The molecule has 0 saturated carbocycles. The summed E-state index contributed by atoms with van der Waals surface area (Å²) < 4.78 is 0.968. The van der Waals surface area contributed by atoms with Crippen molar-refractivity contribution in [2.45, 2.75) is 13.3 Å². The summed E-state index contributed by atoms with van der Waals surface area (Å²) in [6.07, 6.45) is 0.986. The lowest BCUT2D eigenvalue weighted by Gasteiger charge is -2.28. The largest absolute Gasteiger partial charge is 0.287 e. The van der Waals surface area contributed by atoms with Crippen LogP contribution < -0.4 is 0 Å². The molecular formula is C18H17BrN2OS. The van der Waals surface area contributed by atoms with Crippen molar-refractivity contribution in [1.29, 1.82) is 0 Å². The van der Waals surface area contributed by atoms with E-state index in [0.717, 1.165) is 33.1 Å². The number of hydrogen-bond acceptors (Lipinski definition) is 3. The van der Waals surface area contributed by atoms with Gasteiger partial charge >= 0.3 is 0 Å². The molecule has 3 rings (SSSR count). The fourth-order valence-corrected chi connectivity index (χ4v) is 3.59. The molecular weight excluding hydrogens is 372 g/mol. The lowest BCUT2D eigenvalue weighted by molar-refractivity contribution is 0.0849. The third-order valence-electron chi connectivity index (χ3n) is 3.66. The SMILES string of the molecule is Cc1ccccc1N=C1SCCCN1C(=O)c1ccc(Br)cc1. The molecule has 3 nitrogen and oxygen atoms in total. The average molecular weight is 389 g/mol. The van der Waals surface area contributed by atoms with E-state index in [1.807, 2.05) is 55.5 Å². The second-order valence-corrected chi connectivity index (χ2v) is 7.32. The lowest BCUT2D eigenvalue weighted by Crippen LogP contribution is -2.39. The summed E-state index contributed by atoms with van der Waals surface area (Å²) in [5.41, 5.74) is 2.72. The van der Waals surface area contributed by atoms with Gasteiger partial charge in [-0.2, -0.15) is 0 Å². The molecule has 0 spiro atoms. The van der Waals surface area contributed by atoms with Crippen molar-refractivity contribution in [3.8, 4) is 0 Å².